The summed E-state index contributed by atoms with van der Waals surface area (Å²) in [6.45, 7) is 25.3. The van der Waals surface area contributed by atoms with Gasteiger partial charge in [-0.2, -0.15) is 0 Å². The third-order valence-corrected chi connectivity index (χ3v) is 3.04. The molecular weight excluding hydrogens is 296 g/mol. The molecule has 0 unspecified atom stereocenters. The number of piperazine rings is 1. The van der Waals surface area contributed by atoms with E-state index >= 15 is 0 Å². The second-order valence-electron chi connectivity index (χ2n) is 4.28. The van der Waals surface area contributed by atoms with E-state index in [0.29, 0.717) is 0 Å². The lowest BCUT2D eigenvalue weighted by molar-refractivity contribution is 0.131. The van der Waals surface area contributed by atoms with E-state index in [1.165, 1.54) is 45.7 Å². The number of nitrogens with zero attached hydrogens (tertiary/aromatic N) is 2. The third-order valence-electron chi connectivity index (χ3n) is 3.04. The van der Waals surface area contributed by atoms with E-state index < -0.39 is 0 Å². The van der Waals surface area contributed by atoms with Crippen LogP contribution in [0.1, 0.15) is 75.7 Å². The molecule has 1 aliphatic rings. The van der Waals surface area contributed by atoms with Crippen molar-refractivity contribution in [3.05, 3.63) is 0 Å². The molecule has 0 aromatic carbocycles. The zero-order valence-electron chi connectivity index (χ0n) is 18.0. The molecule has 0 aromatic rings. The summed E-state index contributed by atoms with van der Waals surface area (Å²) >= 11 is 0. The van der Waals surface area contributed by atoms with Crippen LogP contribution in [-0.4, -0.2) is 69.2 Å². The Hall–Kier alpha value is -0.160. The number of hydrogen-bond acceptors (Lipinski definition) is 4. The number of hydrogen-bond donors (Lipinski definition) is 2. The summed E-state index contributed by atoms with van der Waals surface area (Å²) < 4.78 is 0. The second kappa shape index (κ2) is 38.4. The van der Waals surface area contributed by atoms with Crippen LogP contribution < -0.4 is 11.1 Å². The zero-order chi connectivity index (χ0) is 18.9. The summed E-state index contributed by atoms with van der Waals surface area (Å²) in [6.07, 6.45) is 2.40. The van der Waals surface area contributed by atoms with Crippen LogP contribution in [0.5, 0.6) is 0 Å². The van der Waals surface area contributed by atoms with E-state index in [4.69, 9.17) is 5.73 Å². The van der Waals surface area contributed by atoms with Crippen LogP contribution in [-0.2, 0) is 0 Å². The summed E-state index contributed by atoms with van der Waals surface area (Å²) in [5.41, 5.74) is 5.51. The second-order valence-corrected chi connectivity index (χ2v) is 4.28. The Morgan fingerprint density at radius 2 is 1.04 bits per heavy atom. The maximum absolute atomic E-state index is 5.51. The molecule has 0 spiro atoms. The first-order valence-electron chi connectivity index (χ1n) is 10.2. The Morgan fingerprint density at radius 1 is 0.708 bits per heavy atom. The van der Waals surface area contributed by atoms with Crippen molar-refractivity contribution in [3.8, 4) is 0 Å². The fourth-order valence-corrected chi connectivity index (χ4v) is 2.03. The molecule has 0 radical (unpaired) electrons. The first-order chi connectivity index (χ1) is 11.4. The van der Waals surface area contributed by atoms with Gasteiger partial charge in [-0.05, 0) is 46.1 Å². The van der Waals surface area contributed by atoms with Gasteiger partial charge in [0.25, 0.3) is 0 Å². The predicted molar refractivity (Wildman–Crippen MR) is 117 cm³/mol. The van der Waals surface area contributed by atoms with Gasteiger partial charge >= 0.3 is 0 Å². The molecule has 1 fully saturated rings. The highest BCUT2D eigenvalue weighted by molar-refractivity contribution is 4.71. The molecule has 24 heavy (non-hydrogen) atoms. The van der Waals surface area contributed by atoms with Crippen LogP contribution in [0.3, 0.4) is 0 Å². The van der Waals surface area contributed by atoms with Crippen molar-refractivity contribution >= 4 is 0 Å². The van der Waals surface area contributed by atoms with E-state index in [0.717, 1.165) is 19.5 Å². The van der Waals surface area contributed by atoms with Gasteiger partial charge in [-0.25, -0.2) is 0 Å². The third kappa shape index (κ3) is 26.7. The first-order valence-corrected chi connectivity index (χ1v) is 10.2. The van der Waals surface area contributed by atoms with Crippen molar-refractivity contribution in [2.45, 2.75) is 75.7 Å². The summed E-state index contributed by atoms with van der Waals surface area (Å²) in [4.78, 5) is 5.09. The molecule has 154 valence electrons. The van der Waals surface area contributed by atoms with E-state index in [9.17, 15) is 0 Å². The van der Waals surface area contributed by atoms with Gasteiger partial charge in [-0.1, -0.05) is 62.8 Å². The van der Waals surface area contributed by atoms with Crippen molar-refractivity contribution in [2.24, 2.45) is 5.73 Å². The quantitative estimate of drug-likeness (QED) is 0.672. The smallest absolute Gasteiger partial charge is 0.0110 e. The van der Waals surface area contributed by atoms with Crippen LogP contribution in [0.15, 0.2) is 0 Å². The number of nitrogens with two attached hydrogens (primary N) is 1. The Labute approximate surface area is 156 Å². The van der Waals surface area contributed by atoms with Gasteiger partial charge < -0.3 is 20.9 Å². The molecule has 1 heterocycles. The van der Waals surface area contributed by atoms with Crippen molar-refractivity contribution in [1.82, 2.24) is 15.1 Å². The lowest BCUT2D eigenvalue weighted by Crippen LogP contribution is -2.47. The minimum atomic E-state index is 0. The molecule has 1 rings (SSSR count). The highest BCUT2D eigenvalue weighted by Crippen LogP contribution is 2.02. The molecule has 0 atom stereocenters. The van der Waals surface area contributed by atoms with E-state index in [1.807, 2.05) is 62.4 Å². The average molecular weight is 351 g/mol. The molecule has 1 saturated heterocycles. The van der Waals surface area contributed by atoms with Crippen LogP contribution in [0.4, 0.5) is 0 Å². The standard InChI is InChI=1S/C11H26N4.4C2H6.CH4/c1-13-5-3-7-15-10-8-14(9-11-15)6-2-4-12;4*1-2;/h13H,2-12H2,1H3;4*1-2H3;1H4. The van der Waals surface area contributed by atoms with Crippen LogP contribution in [0.2, 0.25) is 0 Å². The molecule has 3 N–H and O–H groups in total. The molecule has 4 nitrogen and oxygen atoms in total. The summed E-state index contributed by atoms with van der Waals surface area (Å²) in [5, 5.41) is 3.19. The van der Waals surface area contributed by atoms with Gasteiger partial charge in [0.05, 0.1) is 0 Å². The van der Waals surface area contributed by atoms with Gasteiger partial charge in [-0.3, -0.25) is 0 Å². The highest BCUT2D eigenvalue weighted by atomic mass is 15.3. The lowest BCUT2D eigenvalue weighted by atomic mass is 10.2. The largest absolute Gasteiger partial charge is 0.330 e. The maximum Gasteiger partial charge on any atom is 0.0110 e. The van der Waals surface area contributed by atoms with Gasteiger partial charge in [-0.15, -0.1) is 0 Å². The van der Waals surface area contributed by atoms with Crippen LogP contribution in [0, 0.1) is 0 Å². The van der Waals surface area contributed by atoms with Crippen molar-refractivity contribution < 1.29 is 0 Å². The Morgan fingerprint density at radius 3 is 1.33 bits per heavy atom. The maximum atomic E-state index is 5.51. The van der Waals surface area contributed by atoms with Gasteiger partial charge in [0.15, 0.2) is 0 Å². The van der Waals surface area contributed by atoms with E-state index in [-0.39, 0.29) is 7.43 Å². The molecule has 0 aromatic heterocycles. The van der Waals surface area contributed by atoms with E-state index in [2.05, 4.69) is 15.1 Å². The van der Waals surface area contributed by atoms with Crippen molar-refractivity contribution in [1.29, 1.82) is 0 Å². The van der Waals surface area contributed by atoms with Crippen molar-refractivity contribution in [2.75, 3.05) is 59.4 Å². The van der Waals surface area contributed by atoms with Gasteiger partial charge in [0.2, 0.25) is 0 Å². The fourth-order valence-electron chi connectivity index (χ4n) is 2.03. The van der Waals surface area contributed by atoms with Crippen LogP contribution >= 0.6 is 0 Å². The van der Waals surface area contributed by atoms with Crippen LogP contribution in [0.25, 0.3) is 0 Å². The molecule has 0 bridgehead atoms. The summed E-state index contributed by atoms with van der Waals surface area (Å²) in [7, 11) is 2.02. The molecular formula is C20H54N4. The molecule has 0 amide bonds. The number of rotatable bonds is 7. The SMILES string of the molecule is C.CC.CC.CC.CC.CNCCCN1CCN(CCCN)CC1. The summed E-state index contributed by atoms with van der Waals surface area (Å²) in [6, 6.07) is 0. The average Bonchev–Trinajstić information content (AvgIpc) is 2.68. The minimum absolute atomic E-state index is 0. The first kappa shape index (κ1) is 35.0. The fraction of sp³-hybridized carbons (Fsp3) is 1.00. The predicted octanol–water partition coefficient (Wildman–Crippen LogP) is 4.30. The zero-order valence-corrected chi connectivity index (χ0v) is 18.0. The van der Waals surface area contributed by atoms with E-state index in [1.54, 1.807) is 0 Å². The number of nitrogens with one attached hydrogen (secondary N) is 1. The topological polar surface area (TPSA) is 44.5 Å². The Balaban J connectivity index is -0.000000117. The summed E-state index contributed by atoms with van der Waals surface area (Å²) in [5.74, 6) is 0. The minimum Gasteiger partial charge on any atom is -0.330 e. The molecule has 4 heteroatoms. The van der Waals surface area contributed by atoms with Gasteiger partial charge in [0.1, 0.15) is 0 Å². The van der Waals surface area contributed by atoms with Gasteiger partial charge in [0, 0.05) is 26.2 Å². The monoisotopic (exact) mass is 350 g/mol. The molecule has 0 saturated carbocycles. The molecule has 1 aliphatic heterocycles. The Kier molecular flexibility index (Phi) is 56.1. The highest BCUT2D eigenvalue weighted by Gasteiger charge is 2.15. The Bertz CT molecular complexity index is 147. The van der Waals surface area contributed by atoms with Crippen molar-refractivity contribution in [3.63, 3.8) is 0 Å². The normalized spacial score (nSPS) is 13.2. The lowest BCUT2D eigenvalue weighted by Gasteiger charge is -2.34. The molecule has 0 aliphatic carbocycles.